The number of rotatable bonds is 4. The summed E-state index contributed by atoms with van der Waals surface area (Å²) in [5, 5.41) is 2.90. The molecule has 20 heavy (non-hydrogen) atoms. The molecule has 0 spiro atoms. The van der Waals surface area contributed by atoms with Crippen molar-refractivity contribution in [2.75, 3.05) is 6.54 Å². The van der Waals surface area contributed by atoms with Crippen molar-refractivity contribution in [1.82, 2.24) is 10.2 Å². The fourth-order valence-electron chi connectivity index (χ4n) is 3.30. The number of piperazine rings is 1. The molecule has 1 saturated heterocycles. The quantitative estimate of drug-likeness (QED) is 0.798. The minimum absolute atomic E-state index is 0.0131. The van der Waals surface area contributed by atoms with E-state index < -0.39 is 0 Å². The molecule has 1 N–H and O–H groups in total. The number of carbonyl (C=O) groups is 2. The molecule has 3 rings (SSSR count). The summed E-state index contributed by atoms with van der Waals surface area (Å²) in [6.07, 6.45) is 10.3. The van der Waals surface area contributed by atoms with E-state index in [1.165, 1.54) is 24.8 Å². The van der Waals surface area contributed by atoms with Gasteiger partial charge in [-0.1, -0.05) is 11.6 Å². The average molecular weight is 276 g/mol. The first-order valence-electron chi connectivity index (χ1n) is 7.95. The highest BCUT2D eigenvalue weighted by atomic mass is 16.2. The zero-order valence-corrected chi connectivity index (χ0v) is 12.2. The second-order valence-corrected chi connectivity index (χ2v) is 6.39. The molecule has 2 atom stereocenters. The van der Waals surface area contributed by atoms with Gasteiger partial charge in [0.25, 0.3) is 0 Å². The predicted octanol–water partition coefficient (Wildman–Crippen LogP) is 2.00. The van der Waals surface area contributed by atoms with Gasteiger partial charge < -0.3 is 10.2 Å². The van der Waals surface area contributed by atoms with Gasteiger partial charge in [-0.05, 0) is 57.8 Å². The summed E-state index contributed by atoms with van der Waals surface area (Å²) in [6.45, 7) is 2.54. The first kappa shape index (κ1) is 13.7. The lowest BCUT2D eigenvalue weighted by Gasteiger charge is -2.37. The lowest BCUT2D eigenvalue weighted by molar-refractivity contribution is -0.149. The molecule has 0 bridgehead atoms. The Kier molecular flexibility index (Phi) is 3.81. The van der Waals surface area contributed by atoms with Crippen LogP contribution in [0, 0.1) is 5.92 Å². The van der Waals surface area contributed by atoms with E-state index >= 15 is 0 Å². The number of nitrogens with zero attached hydrogens (tertiary/aromatic N) is 1. The molecule has 1 heterocycles. The van der Waals surface area contributed by atoms with Gasteiger partial charge >= 0.3 is 0 Å². The van der Waals surface area contributed by atoms with Gasteiger partial charge in [0, 0.05) is 6.54 Å². The van der Waals surface area contributed by atoms with Crippen LogP contribution in [-0.4, -0.2) is 35.3 Å². The summed E-state index contributed by atoms with van der Waals surface area (Å²) in [5.41, 5.74) is 1.46. The van der Waals surface area contributed by atoms with Crippen molar-refractivity contribution in [2.45, 2.75) is 64.0 Å². The fraction of sp³-hybridized carbons (Fsp3) is 0.750. The third-order valence-electron chi connectivity index (χ3n) is 4.85. The van der Waals surface area contributed by atoms with Gasteiger partial charge in [-0.3, -0.25) is 9.59 Å². The number of carbonyl (C=O) groups excluding carboxylic acids is 2. The Morgan fingerprint density at radius 2 is 2.10 bits per heavy atom. The lowest BCUT2D eigenvalue weighted by atomic mass is 9.96. The van der Waals surface area contributed by atoms with Crippen molar-refractivity contribution in [3.63, 3.8) is 0 Å². The Morgan fingerprint density at radius 3 is 2.75 bits per heavy atom. The van der Waals surface area contributed by atoms with Gasteiger partial charge in [0.05, 0.1) is 0 Å². The summed E-state index contributed by atoms with van der Waals surface area (Å²) in [5.74, 6) is 0.533. The van der Waals surface area contributed by atoms with E-state index in [9.17, 15) is 9.59 Å². The van der Waals surface area contributed by atoms with Crippen LogP contribution in [0.25, 0.3) is 0 Å². The Bertz CT molecular complexity index is 440. The molecule has 4 nitrogen and oxygen atoms in total. The molecule has 0 radical (unpaired) electrons. The van der Waals surface area contributed by atoms with E-state index in [1.54, 1.807) is 4.90 Å². The zero-order chi connectivity index (χ0) is 14.1. The molecule has 0 aromatic heterocycles. The van der Waals surface area contributed by atoms with Crippen molar-refractivity contribution in [2.24, 2.45) is 5.92 Å². The van der Waals surface area contributed by atoms with Crippen LogP contribution in [0.4, 0.5) is 0 Å². The van der Waals surface area contributed by atoms with E-state index in [2.05, 4.69) is 11.4 Å². The van der Waals surface area contributed by atoms with Crippen LogP contribution in [0.2, 0.25) is 0 Å². The molecule has 3 aliphatic rings. The van der Waals surface area contributed by atoms with Crippen molar-refractivity contribution in [3.05, 3.63) is 11.6 Å². The van der Waals surface area contributed by atoms with Gasteiger partial charge in [0.2, 0.25) is 11.8 Å². The maximum absolute atomic E-state index is 12.5. The average Bonchev–Trinajstić information content (AvgIpc) is 3.28. The molecule has 110 valence electrons. The topological polar surface area (TPSA) is 49.4 Å². The summed E-state index contributed by atoms with van der Waals surface area (Å²) in [4.78, 5) is 26.4. The summed E-state index contributed by atoms with van der Waals surface area (Å²) < 4.78 is 0. The van der Waals surface area contributed by atoms with E-state index in [4.69, 9.17) is 0 Å². The van der Waals surface area contributed by atoms with Crippen LogP contribution in [0.1, 0.15) is 51.9 Å². The van der Waals surface area contributed by atoms with Gasteiger partial charge in [0.15, 0.2) is 0 Å². The summed E-state index contributed by atoms with van der Waals surface area (Å²) in [7, 11) is 0. The molecule has 2 amide bonds. The molecule has 2 fully saturated rings. The zero-order valence-electron chi connectivity index (χ0n) is 12.2. The minimum atomic E-state index is -0.318. The molecule has 4 heteroatoms. The Balaban J connectivity index is 1.64. The molecule has 0 aromatic carbocycles. The van der Waals surface area contributed by atoms with E-state index in [0.29, 0.717) is 12.5 Å². The van der Waals surface area contributed by atoms with E-state index in [0.717, 1.165) is 25.7 Å². The molecule has 0 aromatic rings. The maximum atomic E-state index is 12.5. The van der Waals surface area contributed by atoms with Gasteiger partial charge in [-0.2, -0.15) is 0 Å². The van der Waals surface area contributed by atoms with Crippen LogP contribution in [-0.2, 0) is 9.59 Å². The Morgan fingerprint density at radius 1 is 1.30 bits per heavy atom. The monoisotopic (exact) mass is 276 g/mol. The Hall–Kier alpha value is -1.32. The number of amides is 2. The molecular weight excluding hydrogens is 252 g/mol. The Labute approximate surface area is 120 Å². The third kappa shape index (κ3) is 2.74. The number of hydrogen-bond acceptors (Lipinski definition) is 2. The second-order valence-electron chi connectivity index (χ2n) is 6.39. The SMILES string of the molecule is CC1C(=O)NC(C2CC2)C(=O)N1CCC1=CCCCC1. The van der Waals surface area contributed by atoms with Crippen LogP contribution < -0.4 is 5.32 Å². The van der Waals surface area contributed by atoms with E-state index in [1.807, 2.05) is 6.92 Å². The first-order chi connectivity index (χ1) is 9.66. The van der Waals surface area contributed by atoms with E-state index in [-0.39, 0.29) is 23.9 Å². The smallest absolute Gasteiger partial charge is 0.246 e. The van der Waals surface area contributed by atoms with Gasteiger partial charge in [0.1, 0.15) is 12.1 Å². The van der Waals surface area contributed by atoms with Crippen LogP contribution in [0.5, 0.6) is 0 Å². The fourth-order valence-corrected chi connectivity index (χ4v) is 3.30. The first-order valence-corrected chi connectivity index (χ1v) is 7.95. The number of hydrogen-bond donors (Lipinski definition) is 1. The lowest BCUT2D eigenvalue weighted by Crippen LogP contribution is -2.63. The largest absolute Gasteiger partial charge is 0.342 e. The van der Waals surface area contributed by atoms with Crippen LogP contribution in [0.3, 0.4) is 0 Å². The minimum Gasteiger partial charge on any atom is -0.342 e. The van der Waals surface area contributed by atoms with Gasteiger partial charge in [-0.25, -0.2) is 0 Å². The highest BCUT2D eigenvalue weighted by Gasteiger charge is 2.45. The second kappa shape index (κ2) is 5.58. The normalized spacial score (nSPS) is 31.1. The van der Waals surface area contributed by atoms with Crippen molar-refractivity contribution in [3.8, 4) is 0 Å². The van der Waals surface area contributed by atoms with Crippen molar-refractivity contribution < 1.29 is 9.59 Å². The summed E-state index contributed by atoms with van der Waals surface area (Å²) in [6, 6.07) is -0.569. The van der Waals surface area contributed by atoms with Gasteiger partial charge in [-0.15, -0.1) is 0 Å². The maximum Gasteiger partial charge on any atom is 0.246 e. The molecule has 2 unspecified atom stereocenters. The summed E-state index contributed by atoms with van der Waals surface area (Å²) >= 11 is 0. The number of allylic oxidation sites excluding steroid dienone is 1. The van der Waals surface area contributed by atoms with Crippen LogP contribution >= 0.6 is 0 Å². The van der Waals surface area contributed by atoms with Crippen molar-refractivity contribution in [1.29, 1.82) is 0 Å². The number of nitrogens with one attached hydrogen (secondary N) is 1. The standard InChI is InChI=1S/C16H24N2O2/c1-11-15(19)17-14(13-7-8-13)16(20)18(11)10-9-12-5-3-2-4-6-12/h5,11,13-14H,2-4,6-10H2,1H3,(H,17,19). The highest BCUT2D eigenvalue weighted by Crippen LogP contribution is 2.35. The van der Waals surface area contributed by atoms with Crippen molar-refractivity contribution >= 4 is 11.8 Å². The molecule has 1 aliphatic heterocycles. The predicted molar refractivity (Wildman–Crippen MR) is 77.0 cm³/mol. The highest BCUT2D eigenvalue weighted by molar-refractivity contribution is 5.97. The third-order valence-corrected chi connectivity index (χ3v) is 4.85. The molecular formula is C16H24N2O2. The molecule has 1 saturated carbocycles. The molecule has 2 aliphatic carbocycles. The van der Waals surface area contributed by atoms with Crippen LogP contribution in [0.15, 0.2) is 11.6 Å².